The molecule has 0 radical (unpaired) electrons. The number of hydrogen-bond acceptors (Lipinski definition) is 6. The summed E-state index contributed by atoms with van der Waals surface area (Å²) in [6, 6.07) is 6.61. The van der Waals surface area contributed by atoms with Gasteiger partial charge in [0.2, 0.25) is 11.8 Å². The highest BCUT2D eigenvalue weighted by Crippen LogP contribution is 2.19. The van der Waals surface area contributed by atoms with Gasteiger partial charge in [-0.25, -0.2) is 4.98 Å². The predicted molar refractivity (Wildman–Crippen MR) is 107 cm³/mol. The normalized spacial score (nSPS) is 10.4. The molecule has 1 aromatic carbocycles. The second kappa shape index (κ2) is 10.4. The Morgan fingerprint density at radius 1 is 1.25 bits per heavy atom. The van der Waals surface area contributed by atoms with Crippen molar-refractivity contribution in [1.29, 1.82) is 0 Å². The van der Waals surface area contributed by atoms with Gasteiger partial charge in [0.25, 0.3) is 0 Å². The second-order valence-corrected chi connectivity index (χ2v) is 6.78. The molecule has 1 heterocycles. The molecule has 0 saturated heterocycles. The molecule has 148 valence electrons. The van der Waals surface area contributed by atoms with Gasteiger partial charge in [0.15, 0.2) is 10.9 Å². The fraction of sp³-hybridized carbons (Fsp3) is 0.263. The van der Waals surface area contributed by atoms with Gasteiger partial charge >= 0.3 is 0 Å². The minimum absolute atomic E-state index is 0.0137. The maximum Gasteiger partial charge on any atom is 0.240 e. The van der Waals surface area contributed by atoms with Gasteiger partial charge in [0.05, 0.1) is 24.3 Å². The van der Waals surface area contributed by atoms with Crippen molar-refractivity contribution in [1.82, 2.24) is 14.9 Å². The van der Waals surface area contributed by atoms with Crippen LogP contribution in [-0.2, 0) is 22.7 Å². The van der Waals surface area contributed by atoms with Crippen molar-refractivity contribution in [3.63, 3.8) is 0 Å². The maximum atomic E-state index is 12.2. The van der Waals surface area contributed by atoms with Gasteiger partial charge in [0.1, 0.15) is 6.54 Å². The fourth-order valence-corrected chi connectivity index (χ4v) is 3.10. The summed E-state index contributed by atoms with van der Waals surface area (Å²) in [4.78, 5) is 39.6. The molecule has 0 spiro atoms. The van der Waals surface area contributed by atoms with Crippen LogP contribution in [0.15, 0.2) is 48.3 Å². The Morgan fingerprint density at radius 2 is 1.96 bits per heavy atom. The summed E-state index contributed by atoms with van der Waals surface area (Å²) in [5.74, 6) is -0.469. The van der Waals surface area contributed by atoms with Crippen LogP contribution < -0.4 is 10.6 Å². The van der Waals surface area contributed by atoms with Crippen LogP contribution in [0.25, 0.3) is 0 Å². The first-order chi connectivity index (χ1) is 13.4. The van der Waals surface area contributed by atoms with E-state index >= 15 is 0 Å². The second-order valence-electron chi connectivity index (χ2n) is 5.84. The first-order valence-electron chi connectivity index (χ1n) is 8.51. The zero-order valence-electron chi connectivity index (χ0n) is 15.5. The Morgan fingerprint density at radius 3 is 2.57 bits per heavy atom. The molecule has 2 aromatic rings. The molecule has 3 N–H and O–H groups in total. The topological polar surface area (TPSA) is 113 Å². The summed E-state index contributed by atoms with van der Waals surface area (Å²) >= 11 is 1.16. The van der Waals surface area contributed by atoms with Gasteiger partial charge in [-0.1, -0.05) is 17.8 Å². The Balaban J connectivity index is 1.96. The largest absolute Gasteiger partial charge is 0.390 e. The fourth-order valence-electron chi connectivity index (χ4n) is 2.30. The van der Waals surface area contributed by atoms with Crippen molar-refractivity contribution in [2.45, 2.75) is 25.2 Å². The van der Waals surface area contributed by atoms with Crippen LogP contribution in [0.5, 0.6) is 0 Å². The molecule has 1 aromatic heterocycles. The van der Waals surface area contributed by atoms with Crippen LogP contribution in [0.4, 0.5) is 5.69 Å². The number of anilines is 1. The van der Waals surface area contributed by atoms with E-state index in [-0.39, 0.29) is 36.5 Å². The number of hydrogen-bond donors (Lipinski definition) is 3. The van der Waals surface area contributed by atoms with Gasteiger partial charge in [-0.15, -0.1) is 6.58 Å². The van der Waals surface area contributed by atoms with E-state index in [1.165, 1.54) is 13.1 Å². The van der Waals surface area contributed by atoms with E-state index in [1.54, 1.807) is 34.9 Å². The van der Waals surface area contributed by atoms with Gasteiger partial charge in [-0.3, -0.25) is 14.4 Å². The lowest BCUT2D eigenvalue weighted by Crippen LogP contribution is -2.28. The molecule has 0 aliphatic rings. The number of carbonyl (C=O) groups excluding carboxylic acids is 3. The summed E-state index contributed by atoms with van der Waals surface area (Å²) in [7, 11) is 0. The molecular formula is C19H22N4O4S. The highest BCUT2D eigenvalue weighted by atomic mass is 32.2. The van der Waals surface area contributed by atoms with E-state index in [4.69, 9.17) is 0 Å². The van der Waals surface area contributed by atoms with Crippen molar-refractivity contribution < 1.29 is 19.5 Å². The highest BCUT2D eigenvalue weighted by Gasteiger charge is 2.15. The minimum atomic E-state index is -0.267. The lowest BCUT2D eigenvalue weighted by atomic mass is 10.1. The molecule has 9 heteroatoms. The standard InChI is InChI=1S/C19H22N4O4S/c1-3-8-20-17(26)10-23-16(11-24)9-21-19(23)28-12-18(27)22-15-6-4-14(5-7-15)13(2)25/h3-7,9,24H,1,8,10-12H2,2H3,(H,20,26)(H,22,27). The third-order valence-corrected chi connectivity index (χ3v) is 4.71. The molecule has 2 amide bonds. The molecule has 0 aliphatic carbocycles. The average molecular weight is 402 g/mol. The first-order valence-corrected chi connectivity index (χ1v) is 9.49. The van der Waals surface area contributed by atoms with Crippen molar-refractivity contribution >= 4 is 35.0 Å². The van der Waals surface area contributed by atoms with Crippen LogP contribution in [0, 0.1) is 0 Å². The van der Waals surface area contributed by atoms with Crippen LogP contribution >= 0.6 is 11.8 Å². The quantitative estimate of drug-likeness (QED) is 0.316. The van der Waals surface area contributed by atoms with E-state index in [0.29, 0.717) is 28.6 Å². The molecule has 2 rings (SSSR count). The Bertz CT molecular complexity index is 861. The van der Waals surface area contributed by atoms with Crippen molar-refractivity contribution in [3.8, 4) is 0 Å². The number of nitrogens with one attached hydrogen (secondary N) is 2. The van der Waals surface area contributed by atoms with E-state index in [9.17, 15) is 19.5 Å². The third kappa shape index (κ3) is 6.07. The number of nitrogens with zero attached hydrogens (tertiary/aromatic N) is 2. The summed E-state index contributed by atoms with van der Waals surface area (Å²) in [6.45, 7) is 5.08. The molecule has 0 aliphatic heterocycles. The number of benzene rings is 1. The number of Topliss-reactive ketones (excluding diaryl/α,β-unsaturated/α-hetero) is 1. The number of carbonyl (C=O) groups is 3. The number of aromatic nitrogens is 2. The number of rotatable bonds is 10. The van der Waals surface area contributed by atoms with Gasteiger partial charge in [-0.2, -0.15) is 0 Å². The average Bonchev–Trinajstić information content (AvgIpc) is 3.06. The number of aliphatic hydroxyl groups is 1. The van der Waals surface area contributed by atoms with E-state index in [1.807, 2.05) is 0 Å². The van der Waals surface area contributed by atoms with Crippen molar-refractivity contribution in [2.24, 2.45) is 0 Å². The molecule has 28 heavy (non-hydrogen) atoms. The SMILES string of the molecule is C=CCNC(=O)Cn1c(CO)cnc1SCC(=O)Nc1ccc(C(C)=O)cc1. The number of imidazole rings is 1. The minimum Gasteiger partial charge on any atom is -0.390 e. The number of aliphatic hydroxyl groups excluding tert-OH is 1. The maximum absolute atomic E-state index is 12.2. The van der Waals surface area contributed by atoms with E-state index in [2.05, 4.69) is 22.2 Å². The number of thioether (sulfide) groups is 1. The molecule has 0 atom stereocenters. The zero-order valence-corrected chi connectivity index (χ0v) is 16.3. The van der Waals surface area contributed by atoms with Gasteiger partial charge < -0.3 is 20.3 Å². The predicted octanol–water partition coefficient (Wildman–Crippen LogP) is 1.61. The summed E-state index contributed by atoms with van der Waals surface area (Å²) < 4.78 is 1.57. The third-order valence-electron chi connectivity index (χ3n) is 3.72. The Kier molecular flexibility index (Phi) is 7.97. The van der Waals surface area contributed by atoms with Crippen LogP contribution in [0.3, 0.4) is 0 Å². The highest BCUT2D eigenvalue weighted by molar-refractivity contribution is 7.99. The van der Waals surface area contributed by atoms with E-state index < -0.39 is 0 Å². The number of amides is 2. The molecular weight excluding hydrogens is 380 g/mol. The summed E-state index contributed by atoms with van der Waals surface area (Å²) in [6.07, 6.45) is 3.04. The molecule has 0 bridgehead atoms. The first kappa shape index (κ1) is 21.4. The van der Waals surface area contributed by atoms with Gasteiger partial charge in [-0.05, 0) is 31.2 Å². The van der Waals surface area contributed by atoms with Crippen molar-refractivity contribution in [2.75, 3.05) is 17.6 Å². The molecule has 8 nitrogen and oxygen atoms in total. The Hall–Kier alpha value is -2.91. The smallest absolute Gasteiger partial charge is 0.240 e. The monoisotopic (exact) mass is 402 g/mol. The number of ketones is 1. The molecule has 0 saturated carbocycles. The lowest BCUT2D eigenvalue weighted by Gasteiger charge is -2.10. The lowest BCUT2D eigenvalue weighted by molar-refractivity contribution is -0.121. The van der Waals surface area contributed by atoms with Crippen LogP contribution in [-0.4, -0.2) is 44.6 Å². The van der Waals surface area contributed by atoms with Crippen LogP contribution in [0.1, 0.15) is 23.0 Å². The zero-order chi connectivity index (χ0) is 20.5. The van der Waals surface area contributed by atoms with Crippen molar-refractivity contribution in [3.05, 3.63) is 54.4 Å². The molecule has 0 fully saturated rings. The van der Waals surface area contributed by atoms with E-state index in [0.717, 1.165) is 11.8 Å². The van der Waals surface area contributed by atoms with Crippen LogP contribution in [0.2, 0.25) is 0 Å². The molecule has 0 unspecified atom stereocenters. The Labute approximate surface area is 167 Å². The summed E-state index contributed by atoms with van der Waals surface area (Å²) in [5.41, 5.74) is 1.64. The summed E-state index contributed by atoms with van der Waals surface area (Å²) in [5, 5.41) is 15.3. The van der Waals surface area contributed by atoms with Gasteiger partial charge in [0, 0.05) is 17.8 Å².